The van der Waals surface area contributed by atoms with E-state index < -0.39 is 11.6 Å². The molecule has 0 fully saturated rings. The maximum Gasteiger partial charge on any atom is 0.139 e. The number of thiocarbonyl (C=S) groups is 1. The molecule has 2 aromatic rings. The fraction of sp³-hybridized carbons (Fsp3) is 0. The highest BCUT2D eigenvalue weighted by Crippen LogP contribution is 2.31. The van der Waals surface area contributed by atoms with Gasteiger partial charge in [-0.05, 0) is 12.1 Å². The van der Waals surface area contributed by atoms with Gasteiger partial charge in [0.25, 0.3) is 0 Å². The summed E-state index contributed by atoms with van der Waals surface area (Å²) in [6, 6.07) is 7.62. The van der Waals surface area contributed by atoms with Crippen molar-refractivity contribution in [3.05, 3.63) is 58.6 Å². The smallest absolute Gasteiger partial charge is 0.139 e. The fourth-order valence-electron chi connectivity index (χ4n) is 1.54. The summed E-state index contributed by atoms with van der Waals surface area (Å²) in [6.45, 7) is 0. The van der Waals surface area contributed by atoms with Crippen LogP contribution in [-0.4, -0.2) is 4.99 Å². The van der Waals surface area contributed by atoms with Crippen molar-refractivity contribution >= 4 is 28.8 Å². The van der Waals surface area contributed by atoms with Crippen molar-refractivity contribution in [3.8, 4) is 11.5 Å². The van der Waals surface area contributed by atoms with E-state index in [2.05, 4.69) is 0 Å². The maximum atomic E-state index is 13.1. The van der Waals surface area contributed by atoms with Crippen LogP contribution in [0.2, 0.25) is 5.02 Å². The molecule has 0 aliphatic carbocycles. The second-order valence-electron chi connectivity index (χ2n) is 3.68. The van der Waals surface area contributed by atoms with Crippen molar-refractivity contribution in [2.45, 2.75) is 0 Å². The Balaban J connectivity index is 2.43. The van der Waals surface area contributed by atoms with E-state index in [1.165, 1.54) is 0 Å². The highest BCUT2D eigenvalue weighted by molar-refractivity contribution is 7.80. The van der Waals surface area contributed by atoms with Crippen LogP contribution >= 0.6 is 23.8 Å². The summed E-state index contributed by atoms with van der Waals surface area (Å²) in [5.41, 5.74) is 5.87. The van der Waals surface area contributed by atoms with Crippen molar-refractivity contribution < 1.29 is 13.5 Å². The van der Waals surface area contributed by atoms with Gasteiger partial charge in [0.2, 0.25) is 0 Å². The van der Waals surface area contributed by atoms with Crippen LogP contribution in [0.1, 0.15) is 5.56 Å². The Labute approximate surface area is 118 Å². The highest BCUT2D eigenvalue weighted by Gasteiger charge is 2.12. The van der Waals surface area contributed by atoms with Gasteiger partial charge in [0.05, 0.1) is 10.6 Å². The van der Waals surface area contributed by atoms with Crippen molar-refractivity contribution in [1.82, 2.24) is 0 Å². The van der Waals surface area contributed by atoms with E-state index in [-0.39, 0.29) is 16.5 Å². The van der Waals surface area contributed by atoms with Crippen LogP contribution in [-0.2, 0) is 0 Å². The second-order valence-corrected chi connectivity index (χ2v) is 4.53. The number of benzene rings is 2. The van der Waals surface area contributed by atoms with Crippen molar-refractivity contribution in [2.24, 2.45) is 5.73 Å². The predicted molar refractivity (Wildman–Crippen MR) is 73.8 cm³/mol. The zero-order valence-electron chi connectivity index (χ0n) is 9.49. The highest BCUT2D eigenvalue weighted by atomic mass is 35.5. The number of hydrogen-bond acceptors (Lipinski definition) is 2. The molecular weight excluding hydrogens is 292 g/mol. The first kappa shape index (κ1) is 13.7. The molecule has 6 heteroatoms. The molecule has 0 spiro atoms. The lowest BCUT2D eigenvalue weighted by atomic mass is 10.2. The molecule has 98 valence electrons. The largest absolute Gasteiger partial charge is 0.456 e. The first-order chi connectivity index (χ1) is 8.97. The molecule has 2 aromatic carbocycles. The molecule has 0 aliphatic rings. The lowest BCUT2D eigenvalue weighted by Gasteiger charge is -2.11. The van der Waals surface area contributed by atoms with Crippen LogP contribution in [0.15, 0.2) is 36.4 Å². The van der Waals surface area contributed by atoms with Crippen LogP contribution in [0.4, 0.5) is 8.78 Å². The van der Waals surface area contributed by atoms with Gasteiger partial charge in [0.1, 0.15) is 28.1 Å². The summed E-state index contributed by atoms with van der Waals surface area (Å²) in [7, 11) is 0. The Morgan fingerprint density at radius 1 is 1.16 bits per heavy atom. The molecule has 2 rings (SSSR count). The number of nitrogens with two attached hydrogens (primary N) is 1. The molecule has 0 amide bonds. The van der Waals surface area contributed by atoms with Gasteiger partial charge in [-0.3, -0.25) is 0 Å². The van der Waals surface area contributed by atoms with Crippen LogP contribution < -0.4 is 10.5 Å². The van der Waals surface area contributed by atoms with E-state index in [9.17, 15) is 8.78 Å². The third kappa shape index (κ3) is 3.19. The molecule has 0 saturated carbocycles. The van der Waals surface area contributed by atoms with E-state index in [4.69, 9.17) is 34.3 Å². The topological polar surface area (TPSA) is 35.2 Å². The lowest BCUT2D eigenvalue weighted by molar-refractivity contribution is 0.467. The van der Waals surface area contributed by atoms with E-state index in [1.807, 2.05) is 0 Å². The van der Waals surface area contributed by atoms with Crippen LogP contribution in [0, 0.1) is 11.6 Å². The molecule has 2 nitrogen and oxygen atoms in total. The number of hydrogen-bond donors (Lipinski definition) is 1. The van der Waals surface area contributed by atoms with Crippen molar-refractivity contribution in [3.63, 3.8) is 0 Å². The quantitative estimate of drug-likeness (QED) is 0.869. The molecule has 19 heavy (non-hydrogen) atoms. The molecule has 0 atom stereocenters. The molecular formula is C13H8ClF2NOS. The second kappa shape index (κ2) is 5.50. The Kier molecular flexibility index (Phi) is 3.97. The third-order valence-corrected chi connectivity index (χ3v) is 2.80. The minimum Gasteiger partial charge on any atom is -0.456 e. The van der Waals surface area contributed by atoms with Crippen LogP contribution in [0.3, 0.4) is 0 Å². The summed E-state index contributed by atoms with van der Waals surface area (Å²) in [4.78, 5) is 0.0393. The van der Waals surface area contributed by atoms with Gasteiger partial charge in [-0.1, -0.05) is 29.9 Å². The summed E-state index contributed by atoms with van der Waals surface area (Å²) < 4.78 is 31.5. The zero-order valence-corrected chi connectivity index (χ0v) is 11.1. The van der Waals surface area contributed by atoms with Gasteiger partial charge >= 0.3 is 0 Å². The Morgan fingerprint density at radius 3 is 2.37 bits per heavy atom. The number of ether oxygens (including phenoxy) is 1. The van der Waals surface area contributed by atoms with E-state index in [0.717, 1.165) is 18.2 Å². The first-order valence-electron chi connectivity index (χ1n) is 5.19. The number of halogens is 3. The van der Waals surface area contributed by atoms with E-state index in [0.29, 0.717) is 10.6 Å². The standard InChI is InChI=1S/C13H8ClF2NOS/c14-10-2-1-3-11(12(10)13(17)19)18-9-5-7(15)4-8(16)6-9/h1-6H,(H2,17,19). The predicted octanol–water partition coefficient (Wildman–Crippen LogP) is 4.04. The monoisotopic (exact) mass is 299 g/mol. The van der Waals surface area contributed by atoms with Gasteiger partial charge in [-0.15, -0.1) is 0 Å². The third-order valence-electron chi connectivity index (χ3n) is 2.29. The molecule has 0 unspecified atom stereocenters. The molecule has 0 radical (unpaired) electrons. The normalized spacial score (nSPS) is 10.3. The van der Waals surface area contributed by atoms with Crippen LogP contribution in [0.5, 0.6) is 11.5 Å². The molecule has 0 heterocycles. The van der Waals surface area contributed by atoms with Gasteiger partial charge < -0.3 is 10.5 Å². The summed E-state index contributed by atoms with van der Waals surface area (Å²) in [5, 5.41) is 0.307. The van der Waals surface area contributed by atoms with Gasteiger partial charge in [0, 0.05) is 18.2 Å². The average molecular weight is 300 g/mol. The molecule has 0 saturated heterocycles. The van der Waals surface area contributed by atoms with Gasteiger partial charge in [0.15, 0.2) is 0 Å². The Hall–Kier alpha value is -1.72. The van der Waals surface area contributed by atoms with Gasteiger partial charge in [-0.2, -0.15) is 0 Å². The summed E-state index contributed by atoms with van der Waals surface area (Å²) in [5.74, 6) is -1.25. The average Bonchev–Trinajstić information content (AvgIpc) is 2.26. The zero-order chi connectivity index (χ0) is 14.0. The van der Waals surface area contributed by atoms with E-state index in [1.54, 1.807) is 18.2 Å². The molecule has 2 N–H and O–H groups in total. The van der Waals surface area contributed by atoms with Crippen molar-refractivity contribution in [2.75, 3.05) is 0 Å². The summed E-state index contributed by atoms with van der Waals surface area (Å²) in [6.07, 6.45) is 0. The Bertz CT molecular complexity index is 628. The molecule has 0 aliphatic heterocycles. The lowest BCUT2D eigenvalue weighted by Crippen LogP contribution is -2.11. The van der Waals surface area contributed by atoms with Crippen LogP contribution in [0.25, 0.3) is 0 Å². The first-order valence-corrected chi connectivity index (χ1v) is 5.98. The number of rotatable bonds is 3. The SMILES string of the molecule is NC(=S)c1c(Cl)cccc1Oc1cc(F)cc(F)c1. The minimum atomic E-state index is -0.742. The minimum absolute atomic E-state index is 0.00253. The van der Waals surface area contributed by atoms with Crippen molar-refractivity contribution in [1.29, 1.82) is 0 Å². The fourth-order valence-corrected chi connectivity index (χ4v) is 2.08. The Morgan fingerprint density at radius 2 is 1.79 bits per heavy atom. The maximum absolute atomic E-state index is 13.1. The molecule has 0 aromatic heterocycles. The summed E-state index contributed by atoms with van der Waals surface area (Å²) >= 11 is 10.8. The van der Waals surface area contributed by atoms with Gasteiger partial charge in [-0.25, -0.2) is 8.78 Å². The van der Waals surface area contributed by atoms with E-state index >= 15 is 0 Å². The molecule has 0 bridgehead atoms.